The average Bonchev–Trinajstić information content (AvgIpc) is 2.63. The van der Waals surface area contributed by atoms with Gasteiger partial charge < -0.3 is 9.64 Å². The van der Waals surface area contributed by atoms with Gasteiger partial charge in [-0.05, 0) is 62.1 Å². The van der Waals surface area contributed by atoms with Crippen LogP contribution >= 0.6 is 15.9 Å². The molecule has 126 valence electrons. The molecule has 0 spiro atoms. The van der Waals surface area contributed by atoms with E-state index in [1.54, 1.807) is 7.11 Å². The van der Waals surface area contributed by atoms with Crippen LogP contribution in [0.4, 0.5) is 11.4 Å². The maximum atomic E-state index is 5.58. The van der Waals surface area contributed by atoms with Crippen LogP contribution in [0.5, 0.6) is 5.75 Å². The van der Waals surface area contributed by atoms with Crippen LogP contribution in [0.15, 0.2) is 45.9 Å². The first-order valence-electron chi connectivity index (χ1n) is 8.40. The van der Waals surface area contributed by atoms with E-state index in [-0.39, 0.29) is 0 Å². The molecule has 0 aliphatic carbocycles. The summed E-state index contributed by atoms with van der Waals surface area (Å²) in [5.74, 6) is 0.871. The van der Waals surface area contributed by atoms with Gasteiger partial charge in [0.2, 0.25) is 0 Å². The Morgan fingerprint density at radius 3 is 2.58 bits per heavy atom. The molecule has 3 rings (SSSR count). The minimum absolute atomic E-state index is 0.871. The third kappa shape index (κ3) is 3.99. The van der Waals surface area contributed by atoms with Gasteiger partial charge in [0.15, 0.2) is 0 Å². The van der Waals surface area contributed by atoms with Crippen molar-refractivity contribution in [3.8, 4) is 5.75 Å². The summed E-state index contributed by atoms with van der Waals surface area (Å²) in [6, 6.07) is 12.5. The van der Waals surface area contributed by atoms with Crippen LogP contribution in [0.25, 0.3) is 0 Å². The Bertz CT molecular complexity index is 736. The molecule has 0 atom stereocenters. The Balaban J connectivity index is 1.82. The lowest BCUT2D eigenvalue weighted by Gasteiger charge is -2.29. The number of aliphatic imine (C=N–C) groups is 1. The number of anilines is 1. The minimum atomic E-state index is 0.871. The number of ether oxygens (including phenoxy) is 1. The second kappa shape index (κ2) is 7.84. The molecular weight excluding hydrogens is 364 g/mol. The lowest BCUT2D eigenvalue weighted by Crippen LogP contribution is -2.29. The van der Waals surface area contributed by atoms with E-state index in [0.717, 1.165) is 34.6 Å². The molecule has 0 bridgehead atoms. The number of nitrogens with zero attached hydrogens (tertiary/aromatic N) is 2. The van der Waals surface area contributed by atoms with Crippen molar-refractivity contribution in [1.82, 2.24) is 0 Å². The van der Waals surface area contributed by atoms with Crippen LogP contribution in [-0.2, 0) is 0 Å². The molecule has 2 aromatic rings. The summed E-state index contributed by atoms with van der Waals surface area (Å²) in [6.45, 7) is 4.33. The highest BCUT2D eigenvalue weighted by atomic mass is 79.9. The molecule has 0 saturated carbocycles. The van der Waals surface area contributed by atoms with E-state index in [1.807, 2.05) is 18.3 Å². The fraction of sp³-hybridized carbons (Fsp3) is 0.350. The van der Waals surface area contributed by atoms with Crippen molar-refractivity contribution in [2.75, 3.05) is 25.1 Å². The molecule has 3 nitrogen and oxygen atoms in total. The highest BCUT2D eigenvalue weighted by molar-refractivity contribution is 9.10. The molecule has 0 radical (unpaired) electrons. The number of rotatable bonds is 4. The van der Waals surface area contributed by atoms with Crippen molar-refractivity contribution in [3.05, 3.63) is 52.0 Å². The zero-order valence-electron chi connectivity index (χ0n) is 14.3. The third-order valence-electron chi connectivity index (χ3n) is 4.43. The zero-order valence-corrected chi connectivity index (χ0v) is 15.8. The molecule has 4 heteroatoms. The summed E-state index contributed by atoms with van der Waals surface area (Å²) >= 11 is 3.52. The van der Waals surface area contributed by atoms with Gasteiger partial charge >= 0.3 is 0 Å². The summed E-state index contributed by atoms with van der Waals surface area (Å²) < 4.78 is 6.68. The Kier molecular flexibility index (Phi) is 5.56. The number of hydrogen-bond acceptors (Lipinski definition) is 3. The SMILES string of the molecule is COc1cc(N2CCCCC2)ccc1C=Nc1ccc(Br)c(C)c1. The molecule has 1 fully saturated rings. The van der Waals surface area contributed by atoms with Crippen LogP contribution in [0, 0.1) is 6.92 Å². The molecule has 1 aliphatic rings. The Morgan fingerprint density at radius 1 is 1.08 bits per heavy atom. The topological polar surface area (TPSA) is 24.8 Å². The predicted molar refractivity (Wildman–Crippen MR) is 105 cm³/mol. The van der Waals surface area contributed by atoms with Gasteiger partial charge in [-0.25, -0.2) is 0 Å². The van der Waals surface area contributed by atoms with Gasteiger partial charge in [0.25, 0.3) is 0 Å². The van der Waals surface area contributed by atoms with E-state index in [0.29, 0.717) is 0 Å². The van der Waals surface area contributed by atoms with Crippen molar-refractivity contribution in [2.24, 2.45) is 4.99 Å². The number of piperidine rings is 1. The van der Waals surface area contributed by atoms with Gasteiger partial charge in [0, 0.05) is 41.1 Å². The lowest BCUT2D eigenvalue weighted by atomic mass is 10.1. The molecule has 2 aromatic carbocycles. The summed E-state index contributed by atoms with van der Waals surface area (Å²) in [5.41, 5.74) is 4.36. The fourth-order valence-corrected chi connectivity index (χ4v) is 3.26. The highest BCUT2D eigenvalue weighted by Crippen LogP contribution is 2.28. The molecule has 1 saturated heterocycles. The summed E-state index contributed by atoms with van der Waals surface area (Å²) in [5, 5.41) is 0. The molecule has 1 aliphatic heterocycles. The number of hydrogen-bond donors (Lipinski definition) is 0. The van der Waals surface area contributed by atoms with Crippen LogP contribution in [0.2, 0.25) is 0 Å². The number of methoxy groups -OCH3 is 1. The normalized spacial score (nSPS) is 15.0. The van der Waals surface area contributed by atoms with Crippen LogP contribution < -0.4 is 9.64 Å². The standard InChI is InChI=1S/C20H23BrN2O/c1-15-12-17(7-9-19(15)21)22-14-16-6-8-18(13-20(16)24-2)23-10-4-3-5-11-23/h6-9,12-14H,3-5,10-11H2,1-2H3. The maximum absolute atomic E-state index is 5.58. The van der Waals surface area contributed by atoms with Crippen molar-refractivity contribution < 1.29 is 4.74 Å². The van der Waals surface area contributed by atoms with Crippen LogP contribution in [-0.4, -0.2) is 26.4 Å². The molecule has 0 N–H and O–H groups in total. The number of aryl methyl sites for hydroxylation is 1. The van der Waals surface area contributed by atoms with Gasteiger partial charge in [-0.15, -0.1) is 0 Å². The summed E-state index contributed by atoms with van der Waals surface area (Å²) in [6.07, 6.45) is 5.76. The molecule has 0 unspecified atom stereocenters. The quantitative estimate of drug-likeness (QED) is 0.647. The van der Waals surface area contributed by atoms with E-state index in [2.05, 4.69) is 57.0 Å². The summed E-state index contributed by atoms with van der Waals surface area (Å²) in [4.78, 5) is 7.03. The van der Waals surface area contributed by atoms with E-state index >= 15 is 0 Å². The van der Waals surface area contributed by atoms with Crippen molar-refractivity contribution in [2.45, 2.75) is 26.2 Å². The summed E-state index contributed by atoms with van der Waals surface area (Å²) in [7, 11) is 1.72. The van der Waals surface area contributed by atoms with E-state index in [4.69, 9.17) is 4.74 Å². The van der Waals surface area contributed by atoms with Crippen LogP contribution in [0.3, 0.4) is 0 Å². The molecular formula is C20H23BrN2O. The van der Waals surface area contributed by atoms with Gasteiger partial charge in [0.1, 0.15) is 5.75 Å². The first-order valence-corrected chi connectivity index (χ1v) is 9.20. The first kappa shape index (κ1) is 17.0. The fourth-order valence-electron chi connectivity index (χ4n) is 3.01. The molecule has 0 aromatic heterocycles. The van der Waals surface area contributed by atoms with Crippen LogP contribution in [0.1, 0.15) is 30.4 Å². The van der Waals surface area contributed by atoms with Gasteiger partial charge in [0.05, 0.1) is 12.8 Å². The molecule has 24 heavy (non-hydrogen) atoms. The Labute approximate surface area is 152 Å². The predicted octanol–water partition coefficient (Wildman–Crippen LogP) is 5.51. The largest absolute Gasteiger partial charge is 0.496 e. The van der Waals surface area contributed by atoms with E-state index in [9.17, 15) is 0 Å². The lowest BCUT2D eigenvalue weighted by molar-refractivity contribution is 0.414. The highest BCUT2D eigenvalue weighted by Gasteiger charge is 2.12. The Hall–Kier alpha value is -1.81. The van der Waals surface area contributed by atoms with Gasteiger partial charge in [-0.1, -0.05) is 15.9 Å². The van der Waals surface area contributed by atoms with Crippen molar-refractivity contribution in [3.63, 3.8) is 0 Å². The number of benzene rings is 2. The number of halogens is 1. The first-order chi connectivity index (χ1) is 11.7. The smallest absolute Gasteiger partial charge is 0.129 e. The average molecular weight is 387 g/mol. The van der Waals surface area contributed by atoms with Gasteiger partial charge in [-0.3, -0.25) is 4.99 Å². The van der Waals surface area contributed by atoms with Crippen molar-refractivity contribution >= 4 is 33.5 Å². The monoisotopic (exact) mass is 386 g/mol. The second-order valence-electron chi connectivity index (χ2n) is 6.17. The zero-order chi connectivity index (χ0) is 16.9. The van der Waals surface area contributed by atoms with E-state index < -0.39 is 0 Å². The minimum Gasteiger partial charge on any atom is -0.496 e. The Morgan fingerprint density at radius 2 is 1.88 bits per heavy atom. The molecule has 1 heterocycles. The third-order valence-corrected chi connectivity index (χ3v) is 5.32. The second-order valence-corrected chi connectivity index (χ2v) is 7.02. The van der Waals surface area contributed by atoms with E-state index in [1.165, 1.54) is 30.5 Å². The molecule has 0 amide bonds. The van der Waals surface area contributed by atoms with Crippen molar-refractivity contribution in [1.29, 1.82) is 0 Å². The maximum Gasteiger partial charge on any atom is 0.129 e. The van der Waals surface area contributed by atoms with Gasteiger partial charge in [-0.2, -0.15) is 0 Å².